The molecule has 0 amide bonds. The van der Waals surface area contributed by atoms with Crippen molar-refractivity contribution in [3.05, 3.63) is 64.5 Å². The Balaban J connectivity index is 1.75. The fraction of sp³-hybridized carbons (Fsp3) is 0.176. The third kappa shape index (κ3) is 2.31. The molecule has 0 spiro atoms. The number of nitrogens with one attached hydrogen (secondary N) is 1. The van der Waals surface area contributed by atoms with Crippen LogP contribution in [0.5, 0.6) is 0 Å². The van der Waals surface area contributed by atoms with Gasteiger partial charge in [-0.25, -0.2) is 9.80 Å². The van der Waals surface area contributed by atoms with Gasteiger partial charge in [0.25, 0.3) is 0 Å². The minimum absolute atomic E-state index is 0.0166. The lowest BCUT2D eigenvalue weighted by molar-refractivity contribution is -0.136. The predicted molar refractivity (Wildman–Crippen MR) is 90.3 cm³/mol. The summed E-state index contributed by atoms with van der Waals surface area (Å²) in [6.45, 7) is 0. The minimum Gasteiger partial charge on any atom is -0.464 e. The van der Waals surface area contributed by atoms with Crippen molar-refractivity contribution in [1.29, 1.82) is 0 Å². The number of rotatable bonds is 3. The maximum absolute atomic E-state index is 11.9. The molecule has 2 unspecified atom stereocenters. The van der Waals surface area contributed by atoms with E-state index in [2.05, 4.69) is 11.4 Å². The molecule has 23 heavy (non-hydrogen) atoms. The Morgan fingerprint density at radius 3 is 2.78 bits per heavy atom. The molecule has 0 saturated heterocycles. The van der Waals surface area contributed by atoms with Crippen LogP contribution < -0.4 is 10.3 Å². The molecule has 0 radical (unpaired) electrons. The number of nitrogens with zero attached hydrogens (tertiary/aromatic N) is 2. The van der Waals surface area contributed by atoms with Crippen molar-refractivity contribution in [2.45, 2.75) is 6.17 Å². The Morgan fingerprint density at radius 2 is 2.09 bits per heavy atom. The van der Waals surface area contributed by atoms with Gasteiger partial charge in [-0.1, -0.05) is 24.3 Å². The van der Waals surface area contributed by atoms with Crippen LogP contribution in [0.1, 0.15) is 4.88 Å². The molecule has 5 nitrogen and oxygen atoms in total. The zero-order chi connectivity index (χ0) is 15.8. The van der Waals surface area contributed by atoms with Gasteiger partial charge in [0, 0.05) is 0 Å². The molecule has 116 valence electrons. The third-order valence-corrected chi connectivity index (χ3v) is 4.88. The number of fused-ring (bicyclic) bond motifs is 1. The normalized spacial score (nSPS) is 22.2. The SMILES string of the molecule is COC(=O)C1=CC2C(c3cccs3)=NN(c3ccccc3)C2N1. The number of benzene rings is 1. The van der Waals surface area contributed by atoms with Gasteiger partial charge in [-0.05, 0) is 29.7 Å². The highest BCUT2D eigenvalue weighted by Crippen LogP contribution is 2.35. The fourth-order valence-electron chi connectivity index (χ4n) is 2.93. The van der Waals surface area contributed by atoms with E-state index in [0.29, 0.717) is 5.70 Å². The van der Waals surface area contributed by atoms with E-state index in [0.717, 1.165) is 16.3 Å². The van der Waals surface area contributed by atoms with Gasteiger partial charge in [0.2, 0.25) is 0 Å². The second-order valence-electron chi connectivity index (χ2n) is 5.33. The number of hydrazone groups is 1. The van der Waals surface area contributed by atoms with Gasteiger partial charge < -0.3 is 10.1 Å². The summed E-state index contributed by atoms with van der Waals surface area (Å²) in [5.41, 5.74) is 2.45. The number of anilines is 1. The van der Waals surface area contributed by atoms with Gasteiger partial charge in [0.1, 0.15) is 11.9 Å². The largest absolute Gasteiger partial charge is 0.464 e. The average molecular weight is 325 g/mol. The first-order valence-electron chi connectivity index (χ1n) is 7.31. The molecule has 1 aromatic heterocycles. The predicted octanol–water partition coefficient (Wildman–Crippen LogP) is 2.57. The topological polar surface area (TPSA) is 53.9 Å². The van der Waals surface area contributed by atoms with Gasteiger partial charge in [0.15, 0.2) is 0 Å². The quantitative estimate of drug-likeness (QED) is 0.881. The Morgan fingerprint density at radius 1 is 1.26 bits per heavy atom. The van der Waals surface area contributed by atoms with Gasteiger partial charge in [-0.15, -0.1) is 11.3 Å². The number of ether oxygens (including phenoxy) is 1. The lowest BCUT2D eigenvalue weighted by Gasteiger charge is -2.24. The number of esters is 1. The van der Waals surface area contributed by atoms with Crippen LogP contribution in [0.4, 0.5) is 5.69 Å². The van der Waals surface area contributed by atoms with Crippen molar-refractivity contribution < 1.29 is 9.53 Å². The lowest BCUT2D eigenvalue weighted by atomic mass is 10.0. The minimum atomic E-state index is -0.349. The molecule has 0 saturated carbocycles. The number of carbonyl (C=O) groups is 1. The number of thiophene rings is 1. The first-order chi connectivity index (χ1) is 11.3. The van der Waals surface area contributed by atoms with Gasteiger partial charge >= 0.3 is 5.97 Å². The van der Waals surface area contributed by atoms with Crippen molar-refractivity contribution >= 4 is 28.7 Å². The van der Waals surface area contributed by atoms with E-state index in [1.54, 1.807) is 11.3 Å². The van der Waals surface area contributed by atoms with Crippen LogP contribution in [0.3, 0.4) is 0 Å². The van der Waals surface area contributed by atoms with Crippen LogP contribution in [0, 0.1) is 5.92 Å². The Labute approximate surface area is 137 Å². The Bertz CT molecular complexity index is 783. The van der Waals surface area contributed by atoms with E-state index in [4.69, 9.17) is 9.84 Å². The monoisotopic (exact) mass is 325 g/mol. The molecule has 2 aliphatic rings. The zero-order valence-corrected chi connectivity index (χ0v) is 13.3. The summed E-state index contributed by atoms with van der Waals surface area (Å²) in [5, 5.41) is 12.0. The molecule has 3 heterocycles. The van der Waals surface area contributed by atoms with E-state index in [1.807, 2.05) is 52.9 Å². The number of para-hydroxylation sites is 1. The van der Waals surface area contributed by atoms with Crippen molar-refractivity contribution in [2.24, 2.45) is 11.0 Å². The molecule has 2 aliphatic heterocycles. The molecule has 2 aromatic rings. The summed E-state index contributed by atoms with van der Waals surface area (Å²) in [4.78, 5) is 13.0. The van der Waals surface area contributed by atoms with Crippen molar-refractivity contribution in [2.75, 3.05) is 12.1 Å². The highest BCUT2D eigenvalue weighted by molar-refractivity contribution is 7.12. The van der Waals surface area contributed by atoms with Crippen LogP contribution in [0.2, 0.25) is 0 Å². The van der Waals surface area contributed by atoms with Crippen molar-refractivity contribution in [1.82, 2.24) is 5.32 Å². The van der Waals surface area contributed by atoms with Gasteiger partial charge in [-0.2, -0.15) is 5.10 Å². The van der Waals surface area contributed by atoms with E-state index in [9.17, 15) is 4.79 Å². The molecule has 2 atom stereocenters. The van der Waals surface area contributed by atoms with E-state index < -0.39 is 0 Å². The zero-order valence-electron chi connectivity index (χ0n) is 12.5. The van der Waals surface area contributed by atoms with Crippen LogP contribution in [0.15, 0.2) is 64.7 Å². The molecule has 1 aromatic carbocycles. The molecule has 0 bridgehead atoms. The molecule has 4 rings (SSSR count). The Hall–Kier alpha value is -2.60. The maximum atomic E-state index is 11.9. The third-order valence-electron chi connectivity index (χ3n) is 3.98. The first-order valence-corrected chi connectivity index (χ1v) is 8.19. The van der Waals surface area contributed by atoms with E-state index in [1.165, 1.54) is 7.11 Å². The maximum Gasteiger partial charge on any atom is 0.353 e. The van der Waals surface area contributed by atoms with E-state index >= 15 is 0 Å². The second-order valence-corrected chi connectivity index (χ2v) is 6.28. The highest BCUT2D eigenvalue weighted by atomic mass is 32.1. The summed E-state index contributed by atoms with van der Waals surface area (Å²) in [7, 11) is 1.39. The highest BCUT2D eigenvalue weighted by Gasteiger charge is 2.43. The number of carbonyl (C=O) groups excluding carboxylic acids is 1. The summed E-state index contributed by atoms with van der Waals surface area (Å²) in [6.07, 6.45) is 1.81. The summed E-state index contributed by atoms with van der Waals surface area (Å²) < 4.78 is 4.84. The molecule has 1 N–H and O–H groups in total. The smallest absolute Gasteiger partial charge is 0.353 e. The fourth-order valence-corrected chi connectivity index (χ4v) is 3.69. The van der Waals surface area contributed by atoms with Crippen molar-refractivity contribution in [3.8, 4) is 0 Å². The lowest BCUT2D eigenvalue weighted by Crippen LogP contribution is -2.41. The van der Waals surface area contributed by atoms with Crippen LogP contribution in [0.25, 0.3) is 0 Å². The standard InChI is InChI=1S/C17H15N3O2S/c1-22-17(21)13-10-12-15(14-8-5-9-23-14)19-20(16(12)18-13)11-6-3-2-4-7-11/h2-10,12,16,18H,1H3. The van der Waals surface area contributed by atoms with Crippen LogP contribution in [-0.2, 0) is 9.53 Å². The summed E-state index contributed by atoms with van der Waals surface area (Å²) in [5.74, 6) is -0.333. The number of hydrogen-bond acceptors (Lipinski definition) is 6. The summed E-state index contributed by atoms with van der Waals surface area (Å²) >= 11 is 1.65. The summed E-state index contributed by atoms with van der Waals surface area (Å²) in [6, 6.07) is 14.0. The van der Waals surface area contributed by atoms with Gasteiger partial charge in [-0.3, -0.25) is 0 Å². The average Bonchev–Trinajstić information content (AvgIpc) is 3.30. The first kappa shape index (κ1) is 14.0. The molecule has 0 aliphatic carbocycles. The number of methoxy groups -OCH3 is 1. The molecular formula is C17H15N3O2S. The van der Waals surface area contributed by atoms with Crippen LogP contribution >= 0.6 is 11.3 Å². The molecule has 0 fully saturated rings. The van der Waals surface area contributed by atoms with E-state index in [-0.39, 0.29) is 18.1 Å². The number of hydrogen-bond donors (Lipinski definition) is 1. The second kappa shape index (κ2) is 5.55. The van der Waals surface area contributed by atoms with Crippen molar-refractivity contribution in [3.63, 3.8) is 0 Å². The van der Waals surface area contributed by atoms with Crippen LogP contribution in [-0.4, -0.2) is 25.0 Å². The molecular weight excluding hydrogens is 310 g/mol. The van der Waals surface area contributed by atoms with Gasteiger partial charge in [0.05, 0.1) is 29.3 Å². The Kier molecular flexibility index (Phi) is 3.38. The molecule has 6 heteroatoms.